The lowest BCUT2D eigenvalue weighted by Crippen LogP contribution is -2.50. The van der Waals surface area contributed by atoms with Crippen LogP contribution in [0.25, 0.3) is 0 Å². The minimum Gasteiger partial charge on any atom is -0.351 e. The zero-order valence-electron chi connectivity index (χ0n) is 17.6. The Morgan fingerprint density at radius 3 is 2.07 bits per heavy atom. The minimum absolute atomic E-state index is 0.0386. The Balaban J connectivity index is 1.40. The summed E-state index contributed by atoms with van der Waals surface area (Å²) in [7, 11) is 0. The summed E-state index contributed by atoms with van der Waals surface area (Å²) >= 11 is 0. The van der Waals surface area contributed by atoms with E-state index in [1.165, 1.54) is 5.56 Å². The number of amides is 2. The third-order valence-electron chi connectivity index (χ3n) is 5.41. The number of rotatable bonds is 5. The molecular weight excluding hydrogens is 362 g/mol. The van der Waals surface area contributed by atoms with Crippen LogP contribution in [0, 0.1) is 0 Å². The highest BCUT2D eigenvalue weighted by Crippen LogP contribution is 2.22. The number of nitrogens with zero attached hydrogens (tertiary/aromatic N) is 2. The van der Waals surface area contributed by atoms with Crippen molar-refractivity contribution in [2.24, 2.45) is 0 Å². The number of carbonyl (C=O) groups excluding carboxylic acids is 2. The Hall–Kier alpha value is -2.66. The molecule has 0 spiro atoms. The molecule has 2 amide bonds. The van der Waals surface area contributed by atoms with Gasteiger partial charge in [0.15, 0.2) is 0 Å². The van der Waals surface area contributed by atoms with Gasteiger partial charge in [0.25, 0.3) is 11.8 Å². The van der Waals surface area contributed by atoms with Gasteiger partial charge in [0.2, 0.25) is 0 Å². The molecule has 2 aromatic carbocycles. The van der Waals surface area contributed by atoms with Gasteiger partial charge in [-0.15, -0.1) is 0 Å². The molecule has 1 fully saturated rings. The van der Waals surface area contributed by atoms with Gasteiger partial charge in [-0.3, -0.25) is 14.5 Å². The highest BCUT2D eigenvalue weighted by atomic mass is 16.2. The van der Waals surface area contributed by atoms with Crippen molar-refractivity contribution in [1.29, 1.82) is 0 Å². The molecule has 0 bridgehead atoms. The fourth-order valence-corrected chi connectivity index (χ4v) is 3.49. The van der Waals surface area contributed by atoms with Crippen molar-refractivity contribution >= 4 is 11.8 Å². The highest BCUT2D eigenvalue weighted by Gasteiger charge is 2.22. The normalized spacial score (nSPS) is 15.2. The highest BCUT2D eigenvalue weighted by molar-refractivity contribution is 5.94. The summed E-state index contributed by atoms with van der Waals surface area (Å²) in [6.45, 7) is 11.0. The van der Waals surface area contributed by atoms with Crippen LogP contribution in [0.4, 0.5) is 0 Å². The van der Waals surface area contributed by atoms with Gasteiger partial charge in [-0.05, 0) is 35.2 Å². The molecule has 1 heterocycles. The summed E-state index contributed by atoms with van der Waals surface area (Å²) in [5.41, 5.74) is 2.73. The van der Waals surface area contributed by atoms with E-state index in [0.29, 0.717) is 12.1 Å². The topological polar surface area (TPSA) is 52.7 Å². The monoisotopic (exact) mass is 393 g/mol. The maximum absolute atomic E-state index is 12.5. The first-order valence-electron chi connectivity index (χ1n) is 10.3. The quantitative estimate of drug-likeness (QED) is 0.849. The molecule has 1 aliphatic heterocycles. The van der Waals surface area contributed by atoms with Crippen LogP contribution in [0.2, 0.25) is 0 Å². The molecule has 2 aromatic rings. The summed E-state index contributed by atoms with van der Waals surface area (Å²) in [4.78, 5) is 29.1. The lowest BCUT2D eigenvalue weighted by atomic mass is 9.87. The first kappa shape index (κ1) is 21.1. The molecular formula is C24H31N3O2. The van der Waals surface area contributed by atoms with E-state index in [1.807, 2.05) is 59.5 Å². The number of benzene rings is 2. The Bertz CT molecular complexity index is 817. The van der Waals surface area contributed by atoms with Crippen LogP contribution < -0.4 is 5.32 Å². The maximum Gasteiger partial charge on any atom is 0.253 e. The number of carbonyl (C=O) groups is 2. The van der Waals surface area contributed by atoms with Crippen molar-refractivity contribution in [3.8, 4) is 0 Å². The van der Waals surface area contributed by atoms with E-state index in [9.17, 15) is 9.59 Å². The largest absolute Gasteiger partial charge is 0.351 e. The van der Waals surface area contributed by atoms with Crippen LogP contribution in [0.15, 0.2) is 54.6 Å². The molecule has 0 unspecified atom stereocenters. The Labute approximate surface area is 173 Å². The average molecular weight is 394 g/mol. The predicted molar refractivity (Wildman–Crippen MR) is 116 cm³/mol. The summed E-state index contributed by atoms with van der Waals surface area (Å²) in [5, 5.41) is 3.00. The third kappa shape index (κ3) is 5.67. The van der Waals surface area contributed by atoms with E-state index in [0.717, 1.165) is 38.3 Å². The molecule has 0 aromatic heterocycles. The summed E-state index contributed by atoms with van der Waals surface area (Å²) in [6, 6.07) is 17.3. The first-order chi connectivity index (χ1) is 13.8. The van der Waals surface area contributed by atoms with Crippen LogP contribution in [0.1, 0.15) is 47.1 Å². The molecule has 0 saturated carbocycles. The van der Waals surface area contributed by atoms with E-state index >= 15 is 0 Å². The number of hydrogen-bond acceptors (Lipinski definition) is 3. The van der Waals surface area contributed by atoms with E-state index in [2.05, 4.69) is 31.0 Å². The zero-order valence-corrected chi connectivity index (χ0v) is 17.6. The predicted octanol–water partition coefficient (Wildman–Crippen LogP) is 3.17. The van der Waals surface area contributed by atoms with E-state index < -0.39 is 0 Å². The molecule has 1 N–H and O–H groups in total. The Morgan fingerprint density at radius 2 is 1.48 bits per heavy atom. The van der Waals surface area contributed by atoms with Gasteiger partial charge in [-0.1, -0.05) is 51.1 Å². The number of nitrogens with one attached hydrogen (secondary N) is 1. The van der Waals surface area contributed by atoms with Gasteiger partial charge < -0.3 is 10.2 Å². The lowest BCUT2D eigenvalue weighted by molar-refractivity contribution is 0.0638. The molecule has 29 heavy (non-hydrogen) atoms. The van der Waals surface area contributed by atoms with Crippen molar-refractivity contribution in [3.05, 3.63) is 71.3 Å². The summed E-state index contributed by atoms with van der Waals surface area (Å²) < 4.78 is 0. The molecule has 1 aliphatic rings. The summed E-state index contributed by atoms with van der Waals surface area (Å²) in [6.07, 6.45) is 0. The second kappa shape index (κ2) is 9.23. The van der Waals surface area contributed by atoms with E-state index in [4.69, 9.17) is 0 Å². The number of hydrogen-bond donors (Lipinski definition) is 1. The van der Waals surface area contributed by atoms with Crippen LogP contribution in [-0.4, -0.2) is 60.9 Å². The average Bonchev–Trinajstić information content (AvgIpc) is 2.74. The van der Waals surface area contributed by atoms with Gasteiger partial charge in [-0.2, -0.15) is 0 Å². The lowest BCUT2D eigenvalue weighted by Gasteiger charge is -2.34. The molecule has 3 rings (SSSR count). The Kier molecular flexibility index (Phi) is 6.70. The van der Waals surface area contributed by atoms with Gasteiger partial charge in [-0.25, -0.2) is 0 Å². The standard InChI is InChI=1S/C24H31N3O2/c1-24(2,3)21-11-9-19(10-12-21)22(28)25-13-14-26-15-17-27(18-16-26)23(29)20-7-5-4-6-8-20/h4-12H,13-18H2,1-3H3,(H,25,28). The second-order valence-electron chi connectivity index (χ2n) is 8.58. The molecule has 0 radical (unpaired) electrons. The van der Waals surface area contributed by atoms with Gasteiger partial charge in [0.05, 0.1) is 0 Å². The fourth-order valence-electron chi connectivity index (χ4n) is 3.49. The fraction of sp³-hybridized carbons (Fsp3) is 0.417. The van der Waals surface area contributed by atoms with E-state index in [-0.39, 0.29) is 17.2 Å². The van der Waals surface area contributed by atoms with Crippen LogP contribution >= 0.6 is 0 Å². The SMILES string of the molecule is CC(C)(C)c1ccc(C(=O)NCCN2CCN(C(=O)c3ccccc3)CC2)cc1. The van der Waals surface area contributed by atoms with E-state index in [1.54, 1.807) is 0 Å². The van der Waals surface area contributed by atoms with Crippen LogP contribution in [-0.2, 0) is 5.41 Å². The van der Waals surface area contributed by atoms with Crippen molar-refractivity contribution in [1.82, 2.24) is 15.1 Å². The van der Waals surface area contributed by atoms with Gasteiger partial charge >= 0.3 is 0 Å². The van der Waals surface area contributed by atoms with Crippen molar-refractivity contribution < 1.29 is 9.59 Å². The van der Waals surface area contributed by atoms with Crippen molar-refractivity contribution in [2.45, 2.75) is 26.2 Å². The number of piperazine rings is 1. The molecule has 154 valence electrons. The van der Waals surface area contributed by atoms with Crippen LogP contribution in [0.3, 0.4) is 0 Å². The second-order valence-corrected chi connectivity index (χ2v) is 8.58. The molecule has 0 atom stereocenters. The Morgan fingerprint density at radius 1 is 0.862 bits per heavy atom. The van der Waals surface area contributed by atoms with Gasteiger partial charge in [0.1, 0.15) is 0 Å². The van der Waals surface area contributed by atoms with Crippen molar-refractivity contribution in [3.63, 3.8) is 0 Å². The molecule has 5 nitrogen and oxygen atoms in total. The van der Waals surface area contributed by atoms with Crippen molar-refractivity contribution in [2.75, 3.05) is 39.3 Å². The van der Waals surface area contributed by atoms with Crippen LogP contribution in [0.5, 0.6) is 0 Å². The minimum atomic E-state index is -0.0386. The zero-order chi connectivity index (χ0) is 20.9. The third-order valence-corrected chi connectivity index (χ3v) is 5.41. The first-order valence-corrected chi connectivity index (χ1v) is 10.3. The smallest absolute Gasteiger partial charge is 0.253 e. The molecule has 5 heteroatoms. The molecule has 1 saturated heterocycles. The summed E-state index contributed by atoms with van der Waals surface area (Å²) in [5.74, 6) is 0.0561. The molecule has 0 aliphatic carbocycles. The maximum atomic E-state index is 12.5. The van der Waals surface area contributed by atoms with Gasteiger partial charge in [0, 0.05) is 50.4 Å².